The molecule has 1 atom stereocenters. The molecule has 0 saturated carbocycles. The van der Waals surface area contributed by atoms with Crippen LogP contribution < -0.4 is 4.74 Å². The molecular formula is C24H27N5O2S. The van der Waals surface area contributed by atoms with Gasteiger partial charge in [0.1, 0.15) is 12.4 Å². The van der Waals surface area contributed by atoms with Crippen molar-refractivity contribution >= 4 is 11.8 Å². The SMILES string of the molecule is CC(C)CCn1c(COc2ccccc2)nnc1SC(C)c1nc(-c2ccccc2)no1. The summed E-state index contributed by atoms with van der Waals surface area (Å²) in [5, 5.41) is 13.7. The van der Waals surface area contributed by atoms with Crippen molar-refractivity contribution in [3.63, 3.8) is 0 Å². The van der Waals surface area contributed by atoms with Crippen molar-refractivity contribution in [3.05, 3.63) is 72.4 Å². The molecule has 0 N–H and O–H groups in total. The van der Waals surface area contributed by atoms with Gasteiger partial charge in [0.25, 0.3) is 0 Å². The molecule has 7 nitrogen and oxygen atoms in total. The lowest BCUT2D eigenvalue weighted by molar-refractivity contribution is 0.285. The highest BCUT2D eigenvalue weighted by Crippen LogP contribution is 2.34. The number of benzene rings is 2. The zero-order chi connectivity index (χ0) is 22.3. The first-order valence-electron chi connectivity index (χ1n) is 10.8. The summed E-state index contributed by atoms with van der Waals surface area (Å²) in [5.41, 5.74) is 0.931. The van der Waals surface area contributed by atoms with Crippen LogP contribution in [0.25, 0.3) is 11.4 Å². The van der Waals surface area contributed by atoms with Crippen molar-refractivity contribution in [2.75, 3.05) is 0 Å². The summed E-state index contributed by atoms with van der Waals surface area (Å²) in [4.78, 5) is 4.58. The molecule has 4 rings (SSSR count). The molecule has 2 aromatic heterocycles. The Hall–Kier alpha value is -3.13. The molecule has 1 unspecified atom stereocenters. The highest BCUT2D eigenvalue weighted by Gasteiger charge is 2.21. The third-order valence-corrected chi connectivity index (χ3v) is 6.01. The smallest absolute Gasteiger partial charge is 0.240 e. The van der Waals surface area contributed by atoms with Gasteiger partial charge in [-0.15, -0.1) is 10.2 Å². The van der Waals surface area contributed by atoms with Gasteiger partial charge in [-0.25, -0.2) is 0 Å². The molecule has 8 heteroatoms. The van der Waals surface area contributed by atoms with E-state index in [1.807, 2.05) is 67.6 Å². The largest absolute Gasteiger partial charge is 0.486 e. The van der Waals surface area contributed by atoms with Gasteiger partial charge in [-0.05, 0) is 31.4 Å². The molecule has 32 heavy (non-hydrogen) atoms. The number of hydrogen-bond donors (Lipinski definition) is 0. The first-order chi connectivity index (χ1) is 15.6. The molecule has 0 amide bonds. The zero-order valence-corrected chi connectivity index (χ0v) is 19.3. The van der Waals surface area contributed by atoms with E-state index < -0.39 is 0 Å². The van der Waals surface area contributed by atoms with Crippen LogP contribution in [0.15, 0.2) is 70.3 Å². The third-order valence-electron chi connectivity index (χ3n) is 4.94. The second-order valence-corrected chi connectivity index (χ2v) is 9.22. The summed E-state index contributed by atoms with van der Waals surface area (Å²) in [6.07, 6.45) is 1.02. The van der Waals surface area contributed by atoms with Gasteiger partial charge in [0.05, 0.1) is 5.25 Å². The topological polar surface area (TPSA) is 78.9 Å². The standard InChI is InChI=1S/C24H27N5O2S/c1-17(2)14-15-29-21(16-30-20-12-8-5-9-13-20)26-27-24(29)32-18(3)23-25-22(28-31-23)19-10-6-4-7-11-19/h4-13,17-18H,14-16H2,1-3H3. The van der Waals surface area contributed by atoms with Crippen LogP contribution in [0, 0.1) is 5.92 Å². The normalized spacial score (nSPS) is 12.2. The zero-order valence-electron chi connectivity index (χ0n) is 18.5. The van der Waals surface area contributed by atoms with Gasteiger partial charge in [-0.1, -0.05) is 79.3 Å². The minimum atomic E-state index is -0.0650. The van der Waals surface area contributed by atoms with Crippen LogP contribution in [-0.4, -0.2) is 24.9 Å². The second kappa shape index (κ2) is 10.5. The van der Waals surface area contributed by atoms with Gasteiger partial charge < -0.3 is 13.8 Å². The van der Waals surface area contributed by atoms with E-state index in [0.717, 1.165) is 35.3 Å². The molecule has 0 aliphatic rings. The average molecular weight is 450 g/mol. The maximum Gasteiger partial charge on any atom is 0.240 e. The minimum Gasteiger partial charge on any atom is -0.486 e. The molecular weight excluding hydrogens is 422 g/mol. The Balaban J connectivity index is 1.49. The fraction of sp³-hybridized carbons (Fsp3) is 0.333. The van der Waals surface area contributed by atoms with E-state index in [0.29, 0.717) is 24.2 Å². The average Bonchev–Trinajstić information content (AvgIpc) is 3.45. The van der Waals surface area contributed by atoms with Gasteiger partial charge in [0, 0.05) is 12.1 Å². The molecule has 2 aromatic carbocycles. The Labute approximate surface area is 192 Å². The number of ether oxygens (including phenoxy) is 1. The first kappa shape index (κ1) is 22.1. The van der Waals surface area contributed by atoms with E-state index >= 15 is 0 Å². The van der Waals surface area contributed by atoms with Crippen molar-refractivity contribution in [1.29, 1.82) is 0 Å². The predicted molar refractivity (Wildman–Crippen MR) is 124 cm³/mol. The van der Waals surface area contributed by atoms with E-state index in [2.05, 4.69) is 38.8 Å². The minimum absolute atomic E-state index is 0.0650. The molecule has 4 aromatic rings. The molecule has 0 aliphatic carbocycles. The van der Waals surface area contributed by atoms with E-state index in [9.17, 15) is 0 Å². The van der Waals surface area contributed by atoms with Gasteiger partial charge >= 0.3 is 0 Å². The summed E-state index contributed by atoms with van der Waals surface area (Å²) in [6, 6.07) is 19.6. The van der Waals surface area contributed by atoms with Crippen molar-refractivity contribution < 1.29 is 9.26 Å². The Morgan fingerprint density at radius 1 is 0.969 bits per heavy atom. The van der Waals surface area contributed by atoms with E-state index in [4.69, 9.17) is 9.26 Å². The number of aromatic nitrogens is 5. The monoisotopic (exact) mass is 449 g/mol. The number of para-hydroxylation sites is 1. The van der Waals surface area contributed by atoms with Crippen LogP contribution in [0.2, 0.25) is 0 Å². The van der Waals surface area contributed by atoms with Crippen LogP contribution in [0.5, 0.6) is 5.75 Å². The molecule has 0 aliphatic heterocycles. The van der Waals surface area contributed by atoms with Crippen LogP contribution in [0.4, 0.5) is 0 Å². The van der Waals surface area contributed by atoms with E-state index in [1.165, 1.54) is 0 Å². The quantitative estimate of drug-likeness (QED) is 0.283. The summed E-state index contributed by atoms with van der Waals surface area (Å²) in [7, 11) is 0. The summed E-state index contributed by atoms with van der Waals surface area (Å²) < 4.78 is 13.6. The first-order valence-corrected chi connectivity index (χ1v) is 11.6. The Kier molecular flexibility index (Phi) is 7.21. The highest BCUT2D eigenvalue weighted by molar-refractivity contribution is 7.99. The Morgan fingerprint density at radius 2 is 1.69 bits per heavy atom. The summed E-state index contributed by atoms with van der Waals surface area (Å²) >= 11 is 1.56. The second-order valence-electron chi connectivity index (χ2n) is 7.92. The fourth-order valence-corrected chi connectivity index (χ4v) is 4.03. The lowest BCUT2D eigenvalue weighted by Gasteiger charge is -2.13. The number of hydrogen-bond acceptors (Lipinski definition) is 7. The number of thioether (sulfide) groups is 1. The summed E-state index contributed by atoms with van der Waals surface area (Å²) in [6.45, 7) is 7.65. The highest BCUT2D eigenvalue weighted by atomic mass is 32.2. The van der Waals surface area contributed by atoms with Crippen molar-refractivity contribution in [1.82, 2.24) is 24.9 Å². The molecule has 0 radical (unpaired) electrons. The van der Waals surface area contributed by atoms with E-state index in [1.54, 1.807) is 11.8 Å². The molecule has 0 saturated heterocycles. The maximum atomic E-state index is 5.92. The Morgan fingerprint density at radius 3 is 2.41 bits per heavy atom. The molecule has 2 heterocycles. The lowest BCUT2D eigenvalue weighted by atomic mass is 10.1. The predicted octanol–water partition coefficient (Wildman–Crippen LogP) is 5.81. The van der Waals surface area contributed by atoms with Crippen LogP contribution in [0.3, 0.4) is 0 Å². The Bertz CT molecular complexity index is 1110. The number of nitrogens with zero attached hydrogens (tertiary/aromatic N) is 5. The molecule has 166 valence electrons. The van der Waals surface area contributed by atoms with Crippen molar-refractivity contribution in [2.45, 2.75) is 50.8 Å². The van der Waals surface area contributed by atoms with Crippen LogP contribution >= 0.6 is 11.8 Å². The van der Waals surface area contributed by atoms with Crippen LogP contribution in [-0.2, 0) is 13.2 Å². The van der Waals surface area contributed by atoms with Gasteiger partial charge in [-0.3, -0.25) is 0 Å². The molecule has 0 bridgehead atoms. The van der Waals surface area contributed by atoms with E-state index in [-0.39, 0.29) is 5.25 Å². The van der Waals surface area contributed by atoms with Gasteiger partial charge in [-0.2, -0.15) is 4.98 Å². The van der Waals surface area contributed by atoms with Gasteiger partial charge in [0.2, 0.25) is 11.7 Å². The molecule has 0 spiro atoms. The molecule has 0 fully saturated rings. The maximum absolute atomic E-state index is 5.92. The lowest BCUT2D eigenvalue weighted by Crippen LogP contribution is -2.10. The summed E-state index contributed by atoms with van der Waals surface area (Å²) in [5.74, 6) is 3.34. The van der Waals surface area contributed by atoms with Crippen LogP contribution in [0.1, 0.15) is 44.2 Å². The number of rotatable bonds is 10. The van der Waals surface area contributed by atoms with Crippen molar-refractivity contribution in [3.8, 4) is 17.1 Å². The van der Waals surface area contributed by atoms with Gasteiger partial charge in [0.15, 0.2) is 11.0 Å². The fourth-order valence-electron chi connectivity index (χ4n) is 3.10. The van der Waals surface area contributed by atoms with Crippen molar-refractivity contribution in [2.24, 2.45) is 5.92 Å². The third kappa shape index (κ3) is 5.56.